The summed E-state index contributed by atoms with van der Waals surface area (Å²) in [6.45, 7) is 0.719. The average Bonchev–Trinajstić information content (AvgIpc) is 2.65. The zero-order valence-electron chi connectivity index (χ0n) is 8.07. The van der Waals surface area contributed by atoms with Gasteiger partial charge in [0, 0.05) is 37.6 Å². The highest BCUT2D eigenvalue weighted by atomic mass is 35.5. The van der Waals surface area contributed by atoms with Gasteiger partial charge in [-0.25, -0.2) is 4.98 Å². The van der Waals surface area contributed by atoms with E-state index in [-0.39, 0.29) is 0 Å². The van der Waals surface area contributed by atoms with Gasteiger partial charge in [-0.05, 0) is 0 Å². The van der Waals surface area contributed by atoms with Crippen molar-refractivity contribution >= 4 is 22.9 Å². The maximum atomic E-state index is 6.07. The second-order valence-corrected chi connectivity index (χ2v) is 3.52. The molecule has 76 valence electrons. The van der Waals surface area contributed by atoms with E-state index in [0.717, 1.165) is 17.9 Å². The fourth-order valence-electron chi connectivity index (χ4n) is 1.34. The summed E-state index contributed by atoms with van der Waals surface area (Å²) in [4.78, 5) is 4.14. The molecule has 0 aliphatic carbocycles. The summed E-state index contributed by atoms with van der Waals surface area (Å²) in [7, 11) is 0. The maximum Gasteiger partial charge on any atom is 0.138 e. The van der Waals surface area contributed by atoms with Crippen LogP contribution < -0.4 is 5.32 Å². The van der Waals surface area contributed by atoms with Crippen molar-refractivity contribution in [2.45, 2.75) is 6.42 Å². The van der Waals surface area contributed by atoms with Crippen LogP contribution in [0.25, 0.3) is 5.65 Å². The molecule has 0 fully saturated rings. The van der Waals surface area contributed by atoms with Crippen LogP contribution in [0.3, 0.4) is 0 Å². The molecule has 0 saturated heterocycles. The van der Waals surface area contributed by atoms with Gasteiger partial charge in [0.05, 0.1) is 10.7 Å². The molecular weight excluding hydrogens is 210 g/mol. The Morgan fingerprint density at radius 2 is 2.47 bits per heavy atom. The Balaban J connectivity index is 2.26. The van der Waals surface area contributed by atoms with Crippen molar-refractivity contribution in [1.29, 1.82) is 0 Å². The van der Waals surface area contributed by atoms with Gasteiger partial charge in [-0.1, -0.05) is 11.6 Å². The zero-order chi connectivity index (χ0) is 10.7. The molecule has 0 saturated carbocycles. The predicted octanol–water partition coefficient (Wildman–Crippen LogP) is 2.42. The lowest BCUT2D eigenvalue weighted by Crippen LogP contribution is -2.02. The van der Waals surface area contributed by atoms with Gasteiger partial charge in [0.1, 0.15) is 5.65 Å². The Morgan fingerprint density at radius 1 is 1.60 bits per heavy atom. The average molecular weight is 220 g/mol. The first-order chi connectivity index (χ1) is 7.31. The van der Waals surface area contributed by atoms with Crippen molar-refractivity contribution in [2.24, 2.45) is 0 Å². The van der Waals surface area contributed by atoms with Crippen molar-refractivity contribution < 1.29 is 0 Å². The summed E-state index contributed by atoms with van der Waals surface area (Å²) >= 11 is 6.07. The van der Waals surface area contributed by atoms with Gasteiger partial charge >= 0.3 is 0 Å². The molecule has 0 spiro atoms. The summed E-state index contributed by atoms with van der Waals surface area (Å²) in [6.07, 6.45) is 11.4. The first-order valence-electron chi connectivity index (χ1n) is 4.61. The topological polar surface area (TPSA) is 29.3 Å². The van der Waals surface area contributed by atoms with Crippen molar-refractivity contribution in [2.75, 3.05) is 11.9 Å². The molecule has 0 atom stereocenters. The van der Waals surface area contributed by atoms with Gasteiger partial charge in [0.15, 0.2) is 0 Å². The first-order valence-corrected chi connectivity index (χ1v) is 4.98. The van der Waals surface area contributed by atoms with Gasteiger partial charge in [0.25, 0.3) is 0 Å². The predicted molar refractivity (Wildman–Crippen MR) is 62.1 cm³/mol. The fourth-order valence-corrected chi connectivity index (χ4v) is 1.55. The third kappa shape index (κ3) is 2.05. The van der Waals surface area contributed by atoms with Gasteiger partial charge < -0.3 is 9.72 Å². The number of nitrogens with one attached hydrogen (secondary N) is 1. The Morgan fingerprint density at radius 3 is 3.27 bits per heavy atom. The number of halogens is 1. The number of pyridine rings is 1. The van der Waals surface area contributed by atoms with E-state index in [1.165, 1.54) is 0 Å². The molecule has 0 radical (unpaired) electrons. The van der Waals surface area contributed by atoms with E-state index in [1.54, 1.807) is 6.20 Å². The molecule has 0 amide bonds. The molecule has 2 aromatic rings. The fraction of sp³-hybridized carbons (Fsp3) is 0.182. The number of rotatable bonds is 3. The number of nitrogens with zero attached hydrogens (tertiary/aromatic N) is 2. The highest BCUT2D eigenvalue weighted by molar-refractivity contribution is 6.33. The van der Waals surface area contributed by atoms with E-state index < -0.39 is 0 Å². The number of aromatic nitrogens is 2. The van der Waals surface area contributed by atoms with Crippen molar-refractivity contribution in [3.63, 3.8) is 0 Å². The lowest BCUT2D eigenvalue weighted by Gasteiger charge is -2.07. The Bertz CT molecular complexity index is 510. The zero-order valence-corrected chi connectivity index (χ0v) is 8.83. The van der Waals surface area contributed by atoms with E-state index in [4.69, 9.17) is 18.0 Å². The van der Waals surface area contributed by atoms with E-state index in [9.17, 15) is 0 Å². The molecule has 3 nitrogen and oxygen atoms in total. The summed E-state index contributed by atoms with van der Waals surface area (Å²) < 4.78 is 1.91. The molecule has 0 aliphatic heterocycles. The number of hydrogen-bond acceptors (Lipinski definition) is 2. The molecule has 0 bridgehead atoms. The normalized spacial score (nSPS) is 10.1. The molecule has 2 heterocycles. The standard InChI is InChI=1S/C11H10ClN3/c1-2-3-4-13-10-8-15-6-5-14-11(15)7-9(10)12/h1,5-8,13H,3-4H2. The SMILES string of the molecule is C#CCCNc1cn2ccnc2cc1Cl. The quantitative estimate of drug-likeness (QED) is 0.635. The van der Waals surface area contributed by atoms with Crippen molar-refractivity contribution in [3.05, 3.63) is 29.7 Å². The smallest absolute Gasteiger partial charge is 0.138 e. The van der Waals surface area contributed by atoms with Crippen LogP contribution in [0.15, 0.2) is 24.7 Å². The lowest BCUT2D eigenvalue weighted by molar-refractivity contribution is 1.08. The number of anilines is 1. The van der Waals surface area contributed by atoms with Crippen LogP contribution in [0.5, 0.6) is 0 Å². The minimum absolute atomic E-state index is 0.658. The summed E-state index contributed by atoms with van der Waals surface area (Å²) in [6, 6.07) is 1.82. The second kappa shape index (κ2) is 4.24. The highest BCUT2D eigenvalue weighted by Crippen LogP contribution is 2.22. The number of hydrogen-bond donors (Lipinski definition) is 1. The van der Waals surface area contributed by atoms with E-state index in [0.29, 0.717) is 11.4 Å². The minimum Gasteiger partial charge on any atom is -0.382 e. The molecule has 0 aromatic carbocycles. The Kier molecular flexibility index (Phi) is 2.79. The Labute approximate surface area is 93.1 Å². The van der Waals surface area contributed by atoms with Crippen LogP contribution in [0.4, 0.5) is 5.69 Å². The van der Waals surface area contributed by atoms with Crippen LogP contribution in [0, 0.1) is 12.3 Å². The van der Waals surface area contributed by atoms with Crippen LogP contribution in [0.2, 0.25) is 5.02 Å². The molecule has 4 heteroatoms. The minimum atomic E-state index is 0.658. The number of terminal acetylenes is 1. The Hall–Kier alpha value is -1.66. The summed E-state index contributed by atoms with van der Waals surface area (Å²) in [5.41, 5.74) is 1.71. The van der Waals surface area contributed by atoms with Gasteiger partial charge in [-0.3, -0.25) is 0 Å². The largest absolute Gasteiger partial charge is 0.382 e. The van der Waals surface area contributed by atoms with Gasteiger partial charge in [-0.15, -0.1) is 12.3 Å². The lowest BCUT2D eigenvalue weighted by atomic mass is 10.3. The number of imidazole rings is 1. The van der Waals surface area contributed by atoms with Gasteiger partial charge in [-0.2, -0.15) is 0 Å². The van der Waals surface area contributed by atoms with E-state index in [2.05, 4.69) is 16.2 Å². The molecule has 0 aliphatic rings. The van der Waals surface area contributed by atoms with Crippen molar-refractivity contribution in [1.82, 2.24) is 9.38 Å². The van der Waals surface area contributed by atoms with Crippen LogP contribution in [-0.4, -0.2) is 15.9 Å². The molecular formula is C11H10ClN3. The number of fused-ring (bicyclic) bond motifs is 1. The summed E-state index contributed by atoms with van der Waals surface area (Å²) in [5.74, 6) is 2.56. The monoisotopic (exact) mass is 219 g/mol. The van der Waals surface area contributed by atoms with Gasteiger partial charge in [0.2, 0.25) is 0 Å². The third-order valence-corrected chi connectivity index (χ3v) is 2.38. The van der Waals surface area contributed by atoms with Crippen molar-refractivity contribution in [3.8, 4) is 12.3 Å². The molecule has 15 heavy (non-hydrogen) atoms. The molecule has 2 rings (SSSR count). The molecule has 2 aromatic heterocycles. The van der Waals surface area contributed by atoms with E-state index in [1.807, 2.05) is 22.9 Å². The molecule has 0 unspecified atom stereocenters. The first kappa shape index (κ1) is 9.88. The van der Waals surface area contributed by atoms with Crippen LogP contribution in [-0.2, 0) is 0 Å². The van der Waals surface area contributed by atoms with Crippen LogP contribution in [0.1, 0.15) is 6.42 Å². The van der Waals surface area contributed by atoms with E-state index >= 15 is 0 Å². The second-order valence-electron chi connectivity index (χ2n) is 3.11. The third-order valence-electron chi connectivity index (χ3n) is 2.06. The highest BCUT2D eigenvalue weighted by Gasteiger charge is 2.02. The molecule has 1 N–H and O–H groups in total. The van der Waals surface area contributed by atoms with Crippen LogP contribution >= 0.6 is 11.6 Å². The summed E-state index contributed by atoms with van der Waals surface area (Å²) in [5, 5.41) is 3.83. The maximum absolute atomic E-state index is 6.07.